The smallest absolute Gasteiger partial charge is 0.249 e. The molecule has 0 aliphatic carbocycles. The molecule has 0 aliphatic rings. The van der Waals surface area contributed by atoms with E-state index >= 15 is 0 Å². The lowest BCUT2D eigenvalue weighted by Gasteiger charge is -1.90. The summed E-state index contributed by atoms with van der Waals surface area (Å²) in [6.07, 6.45) is 3.28. The van der Waals surface area contributed by atoms with Gasteiger partial charge in [-0.2, -0.15) is 0 Å². The predicted octanol–water partition coefficient (Wildman–Crippen LogP) is 0.624. The molecule has 0 fully saturated rings. The topological polar surface area (TPSA) is 72.0 Å². The molecule has 0 amide bonds. The standard InChI is InChI=1S/C8H7N3O2/c12-5-7-10-11-8(13-7)6-2-1-3-9-4-6/h1-4,12H,5H2. The fourth-order valence-electron chi connectivity index (χ4n) is 0.923. The Hall–Kier alpha value is -1.75. The molecule has 2 heterocycles. The molecule has 0 aromatic carbocycles. The second-order valence-electron chi connectivity index (χ2n) is 2.40. The van der Waals surface area contributed by atoms with Gasteiger partial charge in [0.2, 0.25) is 11.8 Å². The Morgan fingerprint density at radius 2 is 2.31 bits per heavy atom. The van der Waals surface area contributed by atoms with Crippen molar-refractivity contribution in [2.24, 2.45) is 0 Å². The molecule has 0 unspecified atom stereocenters. The van der Waals surface area contributed by atoms with E-state index in [1.165, 1.54) is 0 Å². The van der Waals surface area contributed by atoms with Crippen molar-refractivity contribution in [3.8, 4) is 11.5 Å². The molecule has 0 atom stereocenters. The number of pyridine rings is 1. The van der Waals surface area contributed by atoms with Crippen molar-refractivity contribution in [3.05, 3.63) is 30.4 Å². The van der Waals surface area contributed by atoms with Gasteiger partial charge in [-0.25, -0.2) is 0 Å². The summed E-state index contributed by atoms with van der Waals surface area (Å²) in [7, 11) is 0. The number of rotatable bonds is 2. The Morgan fingerprint density at radius 3 is 2.92 bits per heavy atom. The minimum absolute atomic E-state index is 0.207. The largest absolute Gasteiger partial charge is 0.418 e. The second kappa shape index (κ2) is 3.32. The lowest BCUT2D eigenvalue weighted by atomic mass is 10.3. The average Bonchev–Trinajstić information content (AvgIpc) is 2.67. The van der Waals surface area contributed by atoms with E-state index in [2.05, 4.69) is 15.2 Å². The Kier molecular flexibility index (Phi) is 2.01. The fraction of sp³-hybridized carbons (Fsp3) is 0.125. The number of hydrogen-bond acceptors (Lipinski definition) is 5. The third-order valence-electron chi connectivity index (χ3n) is 1.51. The normalized spacial score (nSPS) is 10.2. The predicted molar refractivity (Wildman–Crippen MR) is 43.5 cm³/mol. The van der Waals surface area contributed by atoms with Crippen molar-refractivity contribution in [2.75, 3.05) is 0 Å². The molecule has 66 valence electrons. The van der Waals surface area contributed by atoms with E-state index in [-0.39, 0.29) is 12.5 Å². The first-order chi connectivity index (χ1) is 6.40. The molecule has 0 saturated heterocycles. The quantitative estimate of drug-likeness (QED) is 0.728. The summed E-state index contributed by atoms with van der Waals surface area (Å²) in [6, 6.07) is 3.58. The van der Waals surface area contributed by atoms with Crippen molar-refractivity contribution in [1.29, 1.82) is 0 Å². The van der Waals surface area contributed by atoms with E-state index < -0.39 is 0 Å². The summed E-state index contributed by atoms with van der Waals surface area (Å²) in [5.74, 6) is 0.580. The zero-order chi connectivity index (χ0) is 9.10. The summed E-state index contributed by atoms with van der Waals surface area (Å²) in [6.45, 7) is -0.243. The molecule has 5 nitrogen and oxygen atoms in total. The van der Waals surface area contributed by atoms with Crippen LogP contribution in [0, 0.1) is 0 Å². The highest BCUT2D eigenvalue weighted by Gasteiger charge is 2.06. The van der Waals surface area contributed by atoms with Crippen LogP contribution in [-0.4, -0.2) is 20.3 Å². The SMILES string of the molecule is OCc1nnc(-c2cccnc2)o1. The summed E-state index contributed by atoms with van der Waals surface area (Å²) >= 11 is 0. The summed E-state index contributed by atoms with van der Waals surface area (Å²) in [4.78, 5) is 3.91. The fourth-order valence-corrected chi connectivity index (χ4v) is 0.923. The van der Waals surface area contributed by atoms with Crippen LogP contribution < -0.4 is 0 Å². The third kappa shape index (κ3) is 1.54. The Bertz CT molecular complexity index is 385. The summed E-state index contributed by atoms with van der Waals surface area (Å²) < 4.78 is 5.11. The molecule has 0 radical (unpaired) electrons. The highest BCUT2D eigenvalue weighted by molar-refractivity contribution is 5.49. The van der Waals surface area contributed by atoms with E-state index in [9.17, 15) is 0 Å². The van der Waals surface area contributed by atoms with Crippen LogP contribution >= 0.6 is 0 Å². The Labute approximate surface area is 74.1 Å². The first kappa shape index (κ1) is 7.88. The van der Waals surface area contributed by atoms with Gasteiger partial charge in [0.05, 0.1) is 5.56 Å². The maximum absolute atomic E-state index is 8.69. The number of aliphatic hydroxyl groups is 1. The van der Waals surface area contributed by atoms with Gasteiger partial charge in [0, 0.05) is 12.4 Å². The molecular weight excluding hydrogens is 170 g/mol. The van der Waals surface area contributed by atoms with Crippen LogP contribution in [0.3, 0.4) is 0 Å². The molecule has 2 aromatic rings. The summed E-state index contributed by atoms with van der Waals surface area (Å²) in [5.41, 5.74) is 0.745. The van der Waals surface area contributed by atoms with Crippen molar-refractivity contribution in [3.63, 3.8) is 0 Å². The van der Waals surface area contributed by atoms with Crippen LogP contribution in [0.15, 0.2) is 28.9 Å². The zero-order valence-corrected chi connectivity index (χ0v) is 6.71. The number of nitrogens with zero attached hydrogens (tertiary/aromatic N) is 3. The Balaban J connectivity index is 2.36. The minimum Gasteiger partial charge on any atom is -0.418 e. The van der Waals surface area contributed by atoms with Crippen LogP contribution in [-0.2, 0) is 6.61 Å². The number of aromatic nitrogens is 3. The number of hydrogen-bond donors (Lipinski definition) is 1. The van der Waals surface area contributed by atoms with Crippen LogP contribution in [0.5, 0.6) is 0 Å². The molecule has 0 aliphatic heterocycles. The highest BCUT2D eigenvalue weighted by Crippen LogP contribution is 2.15. The number of aliphatic hydroxyl groups excluding tert-OH is 1. The second-order valence-corrected chi connectivity index (χ2v) is 2.40. The van der Waals surface area contributed by atoms with Crippen molar-refractivity contribution in [2.45, 2.75) is 6.61 Å². The van der Waals surface area contributed by atoms with Crippen molar-refractivity contribution < 1.29 is 9.52 Å². The van der Waals surface area contributed by atoms with E-state index in [1.54, 1.807) is 18.5 Å². The Morgan fingerprint density at radius 1 is 1.38 bits per heavy atom. The molecule has 0 saturated carbocycles. The zero-order valence-electron chi connectivity index (χ0n) is 6.71. The van der Waals surface area contributed by atoms with Crippen LogP contribution in [0.1, 0.15) is 5.89 Å². The average molecular weight is 177 g/mol. The van der Waals surface area contributed by atoms with E-state index in [0.29, 0.717) is 5.89 Å². The van der Waals surface area contributed by atoms with Crippen molar-refractivity contribution in [1.82, 2.24) is 15.2 Å². The maximum atomic E-state index is 8.69. The van der Waals surface area contributed by atoms with Gasteiger partial charge < -0.3 is 9.52 Å². The van der Waals surface area contributed by atoms with E-state index in [4.69, 9.17) is 9.52 Å². The van der Waals surface area contributed by atoms with Crippen LogP contribution in [0.2, 0.25) is 0 Å². The molecule has 0 bridgehead atoms. The maximum Gasteiger partial charge on any atom is 0.249 e. The van der Waals surface area contributed by atoms with E-state index in [0.717, 1.165) is 5.56 Å². The van der Waals surface area contributed by atoms with Crippen LogP contribution in [0.4, 0.5) is 0 Å². The van der Waals surface area contributed by atoms with Gasteiger partial charge in [-0.05, 0) is 12.1 Å². The lowest BCUT2D eigenvalue weighted by molar-refractivity contribution is 0.241. The molecule has 0 spiro atoms. The van der Waals surface area contributed by atoms with Gasteiger partial charge in [0.25, 0.3) is 0 Å². The van der Waals surface area contributed by atoms with Gasteiger partial charge in [-0.3, -0.25) is 4.98 Å². The van der Waals surface area contributed by atoms with Gasteiger partial charge >= 0.3 is 0 Å². The van der Waals surface area contributed by atoms with Gasteiger partial charge in [0.1, 0.15) is 6.61 Å². The van der Waals surface area contributed by atoms with Gasteiger partial charge in [-0.1, -0.05) is 0 Å². The molecule has 5 heteroatoms. The van der Waals surface area contributed by atoms with Gasteiger partial charge in [0.15, 0.2) is 0 Å². The molecular formula is C8H7N3O2. The first-order valence-electron chi connectivity index (χ1n) is 3.74. The van der Waals surface area contributed by atoms with E-state index in [1.807, 2.05) is 6.07 Å². The summed E-state index contributed by atoms with van der Waals surface area (Å²) in [5, 5.41) is 16.0. The monoisotopic (exact) mass is 177 g/mol. The highest BCUT2D eigenvalue weighted by atomic mass is 16.4. The van der Waals surface area contributed by atoms with Crippen molar-refractivity contribution >= 4 is 0 Å². The molecule has 2 rings (SSSR count). The minimum atomic E-state index is -0.243. The lowest BCUT2D eigenvalue weighted by Crippen LogP contribution is -1.79. The first-order valence-corrected chi connectivity index (χ1v) is 3.74. The third-order valence-corrected chi connectivity index (χ3v) is 1.51. The van der Waals surface area contributed by atoms with Crippen LogP contribution in [0.25, 0.3) is 11.5 Å². The molecule has 1 N–H and O–H groups in total. The molecule has 2 aromatic heterocycles. The van der Waals surface area contributed by atoms with Gasteiger partial charge in [-0.15, -0.1) is 10.2 Å². The molecule has 13 heavy (non-hydrogen) atoms.